The summed E-state index contributed by atoms with van der Waals surface area (Å²) in [6, 6.07) is 12.5. The summed E-state index contributed by atoms with van der Waals surface area (Å²) in [5.74, 6) is 1.42. The van der Waals surface area contributed by atoms with Crippen molar-refractivity contribution in [3.05, 3.63) is 36.4 Å². The maximum atomic E-state index is 5.72. The molecule has 0 heterocycles. The molecule has 3 heteroatoms. The van der Waals surface area contributed by atoms with Crippen LogP contribution in [0.15, 0.2) is 36.4 Å². The zero-order valence-corrected chi connectivity index (χ0v) is 11.6. The van der Waals surface area contributed by atoms with Gasteiger partial charge in [0.2, 0.25) is 0 Å². The van der Waals surface area contributed by atoms with E-state index in [2.05, 4.69) is 36.5 Å². The summed E-state index contributed by atoms with van der Waals surface area (Å²) in [5, 5.41) is 5.86. The van der Waals surface area contributed by atoms with Gasteiger partial charge in [-0.2, -0.15) is 0 Å². The third-order valence-corrected chi connectivity index (χ3v) is 3.55. The molecule has 19 heavy (non-hydrogen) atoms. The molecular formula is C16H22N2O. The summed E-state index contributed by atoms with van der Waals surface area (Å²) in [6.45, 7) is 3.83. The van der Waals surface area contributed by atoms with E-state index in [0.717, 1.165) is 30.9 Å². The number of rotatable bonds is 6. The second kappa shape index (κ2) is 6.43. The van der Waals surface area contributed by atoms with E-state index in [9.17, 15) is 0 Å². The molecule has 1 unspecified atom stereocenters. The standard InChI is InChI=1S/C16H22N2O/c1-3-12(10-17)11-18-15-6-4-14-9-16(19-2)7-5-13(14)8-15/h4-9,12,18H,3,10-11,17H2,1-2H3. The largest absolute Gasteiger partial charge is 0.497 e. The van der Waals surface area contributed by atoms with Crippen molar-refractivity contribution >= 4 is 16.5 Å². The zero-order valence-electron chi connectivity index (χ0n) is 11.6. The van der Waals surface area contributed by atoms with Gasteiger partial charge >= 0.3 is 0 Å². The summed E-state index contributed by atoms with van der Waals surface area (Å²) in [5.41, 5.74) is 6.86. The van der Waals surface area contributed by atoms with E-state index in [1.54, 1.807) is 7.11 Å². The van der Waals surface area contributed by atoms with Crippen LogP contribution < -0.4 is 15.8 Å². The fourth-order valence-electron chi connectivity index (χ4n) is 2.12. The predicted molar refractivity (Wildman–Crippen MR) is 81.8 cm³/mol. The molecule has 3 N–H and O–H groups in total. The highest BCUT2D eigenvalue weighted by atomic mass is 16.5. The average molecular weight is 258 g/mol. The van der Waals surface area contributed by atoms with Crippen molar-refractivity contribution < 1.29 is 4.74 Å². The van der Waals surface area contributed by atoms with E-state index in [0.29, 0.717) is 5.92 Å². The Morgan fingerprint density at radius 3 is 2.58 bits per heavy atom. The topological polar surface area (TPSA) is 47.3 Å². The van der Waals surface area contributed by atoms with Gasteiger partial charge in [-0.15, -0.1) is 0 Å². The predicted octanol–water partition coefficient (Wildman–Crippen LogP) is 3.25. The second-order valence-electron chi connectivity index (χ2n) is 4.82. The first-order valence-corrected chi connectivity index (χ1v) is 6.78. The van der Waals surface area contributed by atoms with Crippen LogP contribution >= 0.6 is 0 Å². The maximum Gasteiger partial charge on any atom is 0.119 e. The number of nitrogens with one attached hydrogen (secondary N) is 1. The number of anilines is 1. The summed E-state index contributed by atoms with van der Waals surface area (Å²) < 4.78 is 5.23. The summed E-state index contributed by atoms with van der Waals surface area (Å²) in [6.07, 6.45) is 1.11. The van der Waals surface area contributed by atoms with Crippen LogP contribution in [0.3, 0.4) is 0 Å². The Kier molecular flexibility index (Phi) is 4.63. The molecule has 0 aliphatic heterocycles. The minimum absolute atomic E-state index is 0.534. The van der Waals surface area contributed by atoms with Crippen molar-refractivity contribution in [3.8, 4) is 5.75 Å². The highest BCUT2D eigenvalue weighted by Crippen LogP contribution is 2.23. The molecule has 0 fully saturated rings. The lowest BCUT2D eigenvalue weighted by molar-refractivity contribution is 0.415. The van der Waals surface area contributed by atoms with Gasteiger partial charge in [-0.05, 0) is 47.5 Å². The maximum absolute atomic E-state index is 5.72. The molecule has 0 aliphatic carbocycles. The molecule has 0 saturated heterocycles. The van der Waals surface area contributed by atoms with Crippen molar-refractivity contribution in [2.24, 2.45) is 11.7 Å². The quantitative estimate of drug-likeness (QED) is 0.836. The molecule has 0 amide bonds. The van der Waals surface area contributed by atoms with E-state index in [1.165, 1.54) is 10.8 Å². The molecule has 102 valence electrons. The van der Waals surface area contributed by atoms with Crippen molar-refractivity contribution in [2.75, 3.05) is 25.5 Å². The van der Waals surface area contributed by atoms with Crippen LogP contribution in [0.5, 0.6) is 5.75 Å². The number of fused-ring (bicyclic) bond motifs is 1. The molecular weight excluding hydrogens is 236 g/mol. The summed E-state index contributed by atoms with van der Waals surface area (Å²) >= 11 is 0. The minimum atomic E-state index is 0.534. The van der Waals surface area contributed by atoms with Gasteiger partial charge in [0.25, 0.3) is 0 Å². The van der Waals surface area contributed by atoms with Crippen molar-refractivity contribution in [3.63, 3.8) is 0 Å². The van der Waals surface area contributed by atoms with Gasteiger partial charge in [0, 0.05) is 12.2 Å². The molecule has 0 radical (unpaired) electrons. The van der Waals surface area contributed by atoms with Crippen LogP contribution in [0.25, 0.3) is 10.8 Å². The number of nitrogens with two attached hydrogens (primary N) is 1. The first kappa shape index (κ1) is 13.7. The van der Waals surface area contributed by atoms with Crippen LogP contribution in [0.1, 0.15) is 13.3 Å². The monoisotopic (exact) mass is 258 g/mol. The third kappa shape index (κ3) is 3.38. The van der Waals surface area contributed by atoms with Gasteiger partial charge in [0.1, 0.15) is 5.75 Å². The highest BCUT2D eigenvalue weighted by Gasteiger charge is 2.04. The Bertz CT molecular complexity index is 535. The average Bonchev–Trinajstić information content (AvgIpc) is 2.47. The third-order valence-electron chi connectivity index (χ3n) is 3.55. The molecule has 0 aromatic heterocycles. The molecule has 2 rings (SSSR count). The lowest BCUT2D eigenvalue weighted by Crippen LogP contribution is -2.21. The lowest BCUT2D eigenvalue weighted by Gasteiger charge is -2.14. The Labute approximate surface area is 114 Å². The molecule has 1 atom stereocenters. The Morgan fingerprint density at radius 1 is 1.16 bits per heavy atom. The number of hydrogen-bond acceptors (Lipinski definition) is 3. The number of ether oxygens (including phenoxy) is 1. The van der Waals surface area contributed by atoms with Crippen LogP contribution in [-0.4, -0.2) is 20.2 Å². The Hall–Kier alpha value is -1.74. The smallest absolute Gasteiger partial charge is 0.119 e. The van der Waals surface area contributed by atoms with Gasteiger partial charge in [0.15, 0.2) is 0 Å². The van der Waals surface area contributed by atoms with Gasteiger partial charge in [-0.3, -0.25) is 0 Å². The van der Waals surface area contributed by atoms with Crippen molar-refractivity contribution in [2.45, 2.75) is 13.3 Å². The second-order valence-corrected chi connectivity index (χ2v) is 4.82. The first-order valence-electron chi connectivity index (χ1n) is 6.78. The highest BCUT2D eigenvalue weighted by molar-refractivity contribution is 5.86. The van der Waals surface area contributed by atoms with E-state index in [4.69, 9.17) is 10.5 Å². The fraction of sp³-hybridized carbons (Fsp3) is 0.375. The first-order chi connectivity index (χ1) is 9.26. The lowest BCUT2D eigenvalue weighted by atomic mass is 10.1. The van der Waals surface area contributed by atoms with Gasteiger partial charge in [-0.1, -0.05) is 25.5 Å². The van der Waals surface area contributed by atoms with Crippen molar-refractivity contribution in [1.29, 1.82) is 0 Å². The van der Waals surface area contributed by atoms with E-state index >= 15 is 0 Å². The van der Waals surface area contributed by atoms with Crippen LogP contribution in [-0.2, 0) is 0 Å². The molecule has 2 aromatic carbocycles. The zero-order chi connectivity index (χ0) is 13.7. The van der Waals surface area contributed by atoms with Crippen LogP contribution in [0.2, 0.25) is 0 Å². The summed E-state index contributed by atoms with van der Waals surface area (Å²) in [7, 11) is 1.69. The SMILES string of the molecule is CCC(CN)CNc1ccc2cc(OC)ccc2c1. The Balaban J connectivity index is 2.13. The van der Waals surface area contributed by atoms with Crippen molar-refractivity contribution in [1.82, 2.24) is 0 Å². The molecule has 2 aromatic rings. The normalized spacial score (nSPS) is 12.4. The molecule has 0 aliphatic rings. The number of methoxy groups -OCH3 is 1. The van der Waals surface area contributed by atoms with Gasteiger partial charge in [-0.25, -0.2) is 0 Å². The number of benzene rings is 2. The fourth-order valence-corrected chi connectivity index (χ4v) is 2.12. The number of hydrogen-bond donors (Lipinski definition) is 2. The van der Waals surface area contributed by atoms with E-state index < -0.39 is 0 Å². The summed E-state index contributed by atoms with van der Waals surface area (Å²) in [4.78, 5) is 0. The minimum Gasteiger partial charge on any atom is -0.497 e. The Morgan fingerprint density at radius 2 is 1.89 bits per heavy atom. The molecule has 3 nitrogen and oxygen atoms in total. The molecule has 0 saturated carbocycles. The van der Waals surface area contributed by atoms with Crippen LogP contribution in [0, 0.1) is 5.92 Å². The van der Waals surface area contributed by atoms with Gasteiger partial charge < -0.3 is 15.8 Å². The van der Waals surface area contributed by atoms with Gasteiger partial charge in [0.05, 0.1) is 7.11 Å². The van der Waals surface area contributed by atoms with E-state index in [-0.39, 0.29) is 0 Å². The van der Waals surface area contributed by atoms with E-state index in [1.807, 2.05) is 12.1 Å². The van der Waals surface area contributed by atoms with Crippen LogP contribution in [0.4, 0.5) is 5.69 Å². The molecule has 0 bridgehead atoms. The molecule has 0 spiro atoms.